The van der Waals surface area contributed by atoms with Crippen molar-refractivity contribution in [2.24, 2.45) is 0 Å². The van der Waals surface area contributed by atoms with E-state index in [4.69, 9.17) is 9.15 Å². The molecule has 140 valence electrons. The Labute approximate surface area is 155 Å². The minimum absolute atomic E-state index is 0.0633. The molecule has 3 heterocycles. The average molecular weight is 387 g/mol. The van der Waals surface area contributed by atoms with Crippen LogP contribution >= 0.6 is 0 Å². The van der Waals surface area contributed by atoms with Gasteiger partial charge in [0.2, 0.25) is 15.0 Å². The van der Waals surface area contributed by atoms with Crippen molar-refractivity contribution in [1.29, 1.82) is 0 Å². The number of methoxy groups -OCH3 is 1. The molecule has 0 aliphatic carbocycles. The summed E-state index contributed by atoms with van der Waals surface area (Å²) in [5.41, 5.74) is 1.13. The molecule has 8 nitrogen and oxygen atoms in total. The third-order valence-corrected chi connectivity index (χ3v) is 5.94. The highest BCUT2D eigenvalue weighted by Crippen LogP contribution is 2.31. The number of carbonyl (C=O) groups excluding carboxylic acids is 1. The van der Waals surface area contributed by atoms with Gasteiger partial charge in [-0.3, -0.25) is 4.79 Å². The second-order valence-electron chi connectivity index (χ2n) is 6.06. The molecule has 1 amide bonds. The summed E-state index contributed by atoms with van der Waals surface area (Å²) in [7, 11) is -1.97. The molecule has 0 saturated carbocycles. The number of ether oxygens (including phenoxy) is 1. The van der Waals surface area contributed by atoms with Crippen molar-refractivity contribution in [1.82, 2.24) is 14.9 Å². The van der Waals surface area contributed by atoms with E-state index < -0.39 is 15.7 Å². The van der Waals surface area contributed by atoms with E-state index in [1.165, 1.54) is 17.9 Å². The lowest BCUT2D eigenvalue weighted by Crippen LogP contribution is -2.26. The maximum Gasteiger partial charge on any atom is 0.270 e. The van der Waals surface area contributed by atoms with Crippen LogP contribution in [0.4, 0.5) is 0 Å². The smallest absolute Gasteiger partial charge is 0.270 e. The van der Waals surface area contributed by atoms with E-state index in [0.29, 0.717) is 22.8 Å². The Morgan fingerprint density at radius 3 is 2.93 bits per heavy atom. The van der Waals surface area contributed by atoms with Crippen LogP contribution in [0.1, 0.15) is 16.2 Å². The van der Waals surface area contributed by atoms with E-state index in [1.807, 2.05) is 0 Å². The van der Waals surface area contributed by atoms with Gasteiger partial charge in [0.1, 0.15) is 22.9 Å². The van der Waals surface area contributed by atoms with Crippen molar-refractivity contribution < 1.29 is 22.4 Å². The normalized spacial score (nSPS) is 14.7. The van der Waals surface area contributed by atoms with Crippen molar-refractivity contribution in [3.63, 3.8) is 0 Å². The Hall–Kier alpha value is -3.07. The van der Waals surface area contributed by atoms with Crippen LogP contribution in [0.3, 0.4) is 0 Å². The van der Waals surface area contributed by atoms with E-state index in [-0.39, 0.29) is 29.7 Å². The quantitative estimate of drug-likeness (QED) is 0.717. The predicted octanol–water partition coefficient (Wildman–Crippen LogP) is 1.87. The van der Waals surface area contributed by atoms with Gasteiger partial charge in [0.15, 0.2) is 0 Å². The van der Waals surface area contributed by atoms with Crippen LogP contribution in [0.15, 0.2) is 52.2 Å². The predicted molar refractivity (Wildman–Crippen MR) is 96.1 cm³/mol. The number of aromatic nitrogens is 2. The molecule has 0 unspecified atom stereocenters. The first-order valence-corrected chi connectivity index (χ1v) is 9.93. The van der Waals surface area contributed by atoms with Crippen LogP contribution in [0.5, 0.6) is 5.75 Å². The van der Waals surface area contributed by atoms with Crippen molar-refractivity contribution in [2.45, 2.75) is 18.2 Å². The topological polar surface area (TPSA) is 103 Å². The van der Waals surface area contributed by atoms with Gasteiger partial charge in [-0.05, 0) is 24.3 Å². The Balaban J connectivity index is 1.77. The molecule has 27 heavy (non-hydrogen) atoms. The molecule has 2 aromatic heterocycles. The Bertz CT molecular complexity index is 1100. The van der Waals surface area contributed by atoms with Crippen molar-refractivity contribution in [3.05, 3.63) is 54.1 Å². The second kappa shape index (κ2) is 6.58. The van der Waals surface area contributed by atoms with E-state index in [9.17, 15) is 13.2 Å². The van der Waals surface area contributed by atoms with Crippen molar-refractivity contribution in [2.75, 3.05) is 12.9 Å². The minimum atomic E-state index is -3.50. The van der Waals surface area contributed by atoms with Gasteiger partial charge in [0.05, 0.1) is 25.7 Å². The summed E-state index contributed by atoms with van der Waals surface area (Å²) in [6, 6.07) is 10.5. The Morgan fingerprint density at radius 1 is 1.33 bits per heavy atom. The van der Waals surface area contributed by atoms with E-state index in [0.717, 1.165) is 0 Å². The van der Waals surface area contributed by atoms with Gasteiger partial charge in [-0.1, -0.05) is 12.1 Å². The zero-order valence-electron chi connectivity index (χ0n) is 14.5. The van der Waals surface area contributed by atoms with Crippen LogP contribution in [0, 0.1) is 0 Å². The van der Waals surface area contributed by atoms with E-state index >= 15 is 0 Å². The average Bonchev–Trinajstić information content (AvgIpc) is 3.37. The molecule has 0 spiro atoms. The number of nitrogens with zero attached hydrogens (tertiary/aromatic N) is 2. The number of rotatable bonds is 5. The number of imidazole rings is 1. The van der Waals surface area contributed by atoms with Crippen molar-refractivity contribution >= 4 is 15.7 Å². The fourth-order valence-corrected chi connectivity index (χ4v) is 4.40. The standard InChI is InChI=1S/C18H17N3O5S/c1-25-13-5-2-4-12(10-13)15-16(17(22)19-11-14-6-3-8-26-14)21-7-9-27(23,24)18(21)20-15/h2-6,8,10H,7,9,11H2,1H3,(H,19,22). The first kappa shape index (κ1) is 17.3. The maximum atomic E-state index is 12.9. The Kier molecular flexibility index (Phi) is 4.23. The summed E-state index contributed by atoms with van der Waals surface area (Å²) < 4.78 is 36.5. The number of benzene rings is 1. The van der Waals surface area contributed by atoms with E-state index in [2.05, 4.69) is 10.3 Å². The highest BCUT2D eigenvalue weighted by Gasteiger charge is 2.35. The zero-order valence-corrected chi connectivity index (χ0v) is 15.3. The molecule has 0 atom stereocenters. The summed E-state index contributed by atoms with van der Waals surface area (Å²) in [4.78, 5) is 17.2. The third kappa shape index (κ3) is 3.10. The van der Waals surface area contributed by atoms with Crippen LogP contribution < -0.4 is 10.1 Å². The summed E-state index contributed by atoms with van der Waals surface area (Å²) in [5, 5.41) is 2.68. The molecule has 0 fully saturated rings. The van der Waals surface area contributed by atoms with Crippen LogP contribution in [0.25, 0.3) is 11.3 Å². The molecule has 1 aliphatic heterocycles. The number of sulfone groups is 1. The number of furan rings is 1. The first-order chi connectivity index (χ1) is 13.0. The van der Waals surface area contributed by atoms with Gasteiger partial charge in [0.25, 0.3) is 5.91 Å². The molecule has 1 aliphatic rings. The maximum absolute atomic E-state index is 12.9. The molecule has 0 radical (unpaired) electrons. The SMILES string of the molecule is COc1cccc(-c2nc3n(c2C(=O)NCc2ccco2)CCS3(=O)=O)c1. The Morgan fingerprint density at radius 2 is 2.19 bits per heavy atom. The fourth-order valence-electron chi connectivity index (χ4n) is 3.05. The molecule has 0 bridgehead atoms. The van der Waals surface area contributed by atoms with Gasteiger partial charge >= 0.3 is 0 Å². The molecule has 3 aromatic rings. The number of hydrogen-bond acceptors (Lipinski definition) is 6. The molecule has 1 aromatic carbocycles. The third-order valence-electron chi connectivity index (χ3n) is 4.36. The lowest BCUT2D eigenvalue weighted by atomic mass is 10.1. The van der Waals surface area contributed by atoms with Crippen molar-refractivity contribution in [3.8, 4) is 17.0 Å². The number of hydrogen-bond donors (Lipinski definition) is 1. The summed E-state index contributed by atoms with van der Waals surface area (Å²) in [6.07, 6.45) is 1.52. The highest BCUT2D eigenvalue weighted by molar-refractivity contribution is 7.91. The van der Waals surface area contributed by atoms with E-state index in [1.54, 1.807) is 36.4 Å². The fraction of sp³-hybridized carbons (Fsp3) is 0.222. The monoisotopic (exact) mass is 387 g/mol. The highest BCUT2D eigenvalue weighted by atomic mass is 32.2. The number of nitrogens with one attached hydrogen (secondary N) is 1. The molecule has 9 heteroatoms. The molecule has 1 N–H and O–H groups in total. The molecular weight excluding hydrogens is 370 g/mol. The van der Waals surface area contributed by atoms with Gasteiger partial charge in [-0.2, -0.15) is 0 Å². The first-order valence-electron chi connectivity index (χ1n) is 8.28. The van der Waals surface area contributed by atoms with Gasteiger partial charge in [0, 0.05) is 12.1 Å². The molecule has 0 saturated heterocycles. The van der Waals surface area contributed by atoms with Gasteiger partial charge in [-0.15, -0.1) is 0 Å². The summed E-state index contributed by atoms with van der Waals surface area (Å²) in [6.45, 7) is 0.384. The summed E-state index contributed by atoms with van der Waals surface area (Å²) >= 11 is 0. The van der Waals surface area contributed by atoms with Crippen LogP contribution in [0.2, 0.25) is 0 Å². The lowest BCUT2D eigenvalue weighted by Gasteiger charge is -2.09. The largest absolute Gasteiger partial charge is 0.497 e. The zero-order chi connectivity index (χ0) is 19.0. The number of carbonyl (C=O) groups is 1. The lowest BCUT2D eigenvalue weighted by molar-refractivity contribution is 0.0939. The van der Waals surface area contributed by atoms with Crippen LogP contribution in [-0.4, -0.2) is 36.7 Å². The van der Waals surface area contributed by atoms with Gasteiger partial charge < -0.3 is 19.0 Å². The summed E-state index contributed by atoms with van der Waals surface area (Å²) in [5.74, 6) is 0.706. The van der Waals surface area contributed by atoms with Gasteiger partial charge in [-0.25, -0.2) is 13.4 Å². The minimum Gasteiger partial charge on any atom is -0.497 e. The van der Waals surface area contributed by atoms with Crippen LogP contribution in [-0.2, 0) is 22.9 Å². The number of fused-ring (bicyclic) bond motifs is 1. The number of amides is 1. The molecular formula is C18H17N3O5S. The molecule has 4 rings (SSSR count). The second-order valence-corrected chi connectivity index (χ2v) is 8.06.